The van der Waals surface area contributed by atoms with E-state index in [1.807, 2.05) is 24.3 Å². The van der Waals surface area contributed by atoms with E-state index in [9.17, 15) is 14.4 Å². The second kappa shape index (κ2) is 20.3. The van der Waals surface area contributed by atoms with Gasteiger partial charge in [0, 0.05) is 30.6 Å². The number of allylic oxidation sites excluding steroid dienone is 4. The SMILES string of the molecule is C=CC1=C(\C=C)OCCNC2(CCCC2)CC(=O)NC(CCCCCC)C(=O)NC(C)C(=O)NC\C=C\1.Cc1ccccc1. The van der Waals surface area contributed by atoms with Gasteiger partial charge in [-0.1, -0.05) is 113 Å². The minimum absolute atomic E-state index is 0.147. The van der Waals surface area contributed by atoms with Gasteiger partial charge in [0.15, 0.2) is 0 Å². The smallest absolute Gasteiger partial charge is 0.243 e. The molecule has 1 spiro atoms. The highest BCUT2D eigenvalue weighted by Gasteiger charge is 2.36. The fourth-order valence-corrected chi connectivity index (χ4v) is 5.47. The summed E-state index contributed by atoms with van der Waals surface area (Å²) in [7, 11) is 0. The standard InChI is InChI=1S/C29H46N4O4.C7H8/c1-5-8-9-10-15-24-28(36)32-22(4)27(35)30-18-13-14-23(6-2)25(7-3)37-20-19-31-29(16-11-12-17-29)21-26(34)33-24;1-7-5-3-2-4-6-7/h6-7,13-14,22,24,31H,2-3,5,8-12,15-21H2,1,4H3,(H,30,35)(H,32,36)(H,33,34);2-6H,1H3/b14-13+,25-23-;. The molecule has 1 fully saturated rings. The molecule has 242 valence electrons. The fourth-order valence-electron chi connectivity index (χ4n) is 5.47. The summed E-state index contributed by atoms with van der Waals surface area (Å²) < 4.78 is 5.96. The molecule has 8 nitrogen and oxygen atoms in total. The van der Waals surface area contributed by atoms with Gasteiger partial charge >= 0.3 is 0 Å². The maximum absolute atomic E-state index is 13.2. The Morgan fingerprint density at radius 2 is 1.70 bits per heavy atom. The Morgan fingerprint density at radius 3 is 2.32 bits per heavy atom. The lowest BCUT2D eigenvalue weighted by atomic mass is 9.92. The lowest BCUT2D eigenvalue weighted by molar-refractivity contribution is -0.132. The van der Waals surface area contributed by atoms with Crippen LogP contribution in [-0.2, 0) is 19.1 Å². The Kier molecular flexibility index (Phi) is 16.9. The summed E-state index contributed by atoms with van der Waals surface area (Å²) in [6.45, 7) is 14.8. The predicted molar refractivity (Wildman–Crippen MR) is 179 cm³/mol. The van der Waals surface area contributed by atoms with Crippen molar-refractivity contribution in [2.75, 3.05) is 19.7 Å². The Balaban J connectivity index is 0.000000843. The summed E-state index contributed by atoms with van der Waals surface area (Å²) >= 11 is 0. The van der Waals surface area contributed by atoms with Crippen molar-refractivity contribution in [1.82, 2.24) is 21.3 Å². The third-order valence-corrected chi connectivity index (χ3v) is 7.99. The summed E-state index contributed by atoms with van der Waals surface area (Å²) in [5.41, 5.74) is 1.76. The normalized spacial score (nSPS) is 24.1. The quantitative estimate of drug-likeness (QED) is 0.304. The van der Waals surface area contributed by atoms with E-state index in [0.29, 0.717) is 31.8 Å². The number of aryl methyl sites for hydroxylation is 1. The molecule has 3 amide bonds. The average Bonchev–Trinajstić information content (AvgIpc) is 3.47. The number of unbranched alkanes of at least 4 members (excludes halogenated alkanes) is 3. The van der Waals surface area contributed by atoms with Crippen LogP contribution in [-0.4, -0.2) is 55.0 Å². The molecule has 0 saturated heterocycles. The summed E-state index contributed by atoms with van der Waals surface area (Å²) in [6.07, 6.45) is 15.7. The number of benzene rings is 1. The van der Waals surface area contributed by atoms with Crippen molar-refractivity contribution in [1.29, 1.82) is 0 Å². The molecule has 0 radical (unpaired) electrons. The molecule has 8 heteroatoms. The Labute approximate surface area is 264 Å². The van der Waals surface area contributed by atoms with Crippen LogP contribution in [0.15, 0.2) is 79.1 Å². The number of hydrogen-bond acceptors (Lipinski definition) is 5. The van der Waals surface area contributed by atoms with E-state index >= 15 is 0 Å². The van der Waals surface area contributed by atoms with Crippen LogP contribution in [0.1, 0.15) is 83.6 Å². The average molecular weight is 607 g/mol. The van der Waals surface area contributed by atoms with E-state index in [1.54, 1.807) is 25.2 Å². The van der Waals surface area contributed by atoms with E-state index in [0.717, 1.165) is 56.9 Å². The second-order valence-electron chi connectivity index (χ2n) is 11.7. The minimum Gasteiger partial charge on any atom is -0.492 e. The number of amides is 3. The zero-order chi connectivity index (χ0) is 32.2. The van der Waals surface area contributed by atoms with E-state index in [-0.39, 0.29) is 29.8 Å². The fraction of sp³-hybridized carbons (Fsp3) is 0.528. The van der Waals surface area contributed by atoms with Crippen LogP contribution in [0.5, 0.6) is 0 Å². The van der Waals surface area contributed by atoms with Crippen molar-refractivity contribution in [3.8, 4) is 0 Å². The van der Waals surface area contributed by atoms with Gasteiger partial charge in [-0.05, 0) is 39.2 Å². The summed E-state index contributed by atoms with van der Waals surface area (Å²) in [5.74, 6) is -0.173. The lowest BCUT2D eigenvalue weighted by Crippen LogP contribution is -2.54. The number of carbonyl (C=O) groups is 3. The van der Waals surface area contributed by atoms with Crippen molar-refractivity contribution in [2.24, 2.45) is 0 Å². The Morgan fingerprint density at radius 1 is 0.977 bits per heavy atom. The van der Waals surface area contributed by atoms with Gasteiger partial charge in [0.25, 0.3) is 0 Å². The molecule has 2 atom stereocenters. The van der Waals surface area contributed by atoms with Crippen LogP contribution in [0.25, 0.3) is 0 Å². The molecule has 4 N–H and O–H groups in total. The van der Waals surface area contributed by atoms with Crippen LogP contribution < -0.4 is 21.3 Å². The third kappa shape index (κ3) is 13.3. The molecule has 1 aromatic carbocycles. The van der Waals surface area contributed by atoms with Gasteiger partial charge in [0.1, 0.15) is 24.4 Å². The number of ether oxygens (including phenoxy) is 1. The zero-order valence-electron chi connectivity index (χ0n) is 27.1. The van der Waals surface area contributed by atoms with Gasteiger partial charge in [0.05, 0.1) is 0 Å². The number of rotatable bonds is 7. The molecule has 0 bridgehead atoms. The van der Waals surface area contributed by atoms with E-state index in [1.165, 1.54) is 5.56 Å². The van der Waals surface area contributed by atoms with E-state index in [2.05, 4.69) is 60.4 Å². The van der Waals surface area contributed by atoms with Crippen LogP contribution in [0.3, 0.4) is 0 Å². The van der Waals surface area contributed by atoms with Crippen LogP contribution >= 0.6 is 0 Å². The first-order valence-corrected chi connectivity index (χ1v) is 16.2. The number of hydrogen-bond donors (Lipinski definition) is 4. The van der Waals surface area contributed by atoms with Crippen LogP contribution in [0.2, 0.25) is 0 Å². The van der Waals surface area contributed by atoms with Crippen molar-refractivity contribution in [3.05, 3.63) is 84.7 Å². The van der Waals surface area contributed by atoms with E-state index in [4.69, 9.17) is 4.74 Å². The van der Waals surface area contributed by atoms with E-state index < -0.39 is 12.1 Å². The largest absolute Gasteiger partial charge is 0.492 e. The number of nitrogens with one attached hydrogen (secondary N) is 4. The molecule has 1 heterocycles. The third-order valence-electron chi connectivity index (χ3n) is 7.99. The van der Waals surface area contributed by atoms with Crippen molar-refractivity contribution in [2.45, 2.75) is 103 Å². The topological polar surface area (TPSA) is 109 Å². The highest BCUT2D eigenvalue weighted by Crippen LogP contribution is 2.32. The summed E-state index contributed by atoms with van der Waals surface area (Å²) in [5, 5.41) is 12.1. The monoisotopic (exact) mass is 606 g/mol. The molecule has 2 unspecified atom stereocenters. The molecule has 44 heavy (non-hydrogen) atoms. The molecule has 0 aromatic heterocycles. The van der Waals surface area contributed by atoms with Crippen LogP contribution in [0.4, 0.5) is 0 Å². The van der Waals surface area contributed by atoms with Crippen molar-refractivity contribution >= 4 is 17.7 Å². The Bertz CT molecular complexity index is 1120. The minimum atomic E-state index is -0.734. The van der Waals surface area contributed by atoms with Gasteiger partial charge in [-0.3, -0.25) is 14.4 Å². The first-order valence-electron chi connectivity index (χ1n) is 16.2. The molecule has 1 aliphatic carbocycles. The van der Waals surface area contributed by atoms with Gasteiger partial charge in [-0.15, -0.1) is 0 Å². The summed E-state index contributed by atoms with van der Waals surface area (Å²) in [6, 6.07) is 8.86. The van der Waals surface area contributed by atoms with Gasteiger partial charge in [-0.25, -0.2) is 0 Å². The van der Waals surface area contributed by atoms with Crippen molar-refractivity contribution < 1.29 is 19.1 Å². The maximum Gasteiger partial charge on any atom is 0.243 e. The van der Waals surface area contributed by atoms with Crippen LogP contribution in [0, 0.1) is 6.92 Å². The first-order chi connectivity index (χ1) is 21.2. The highest BCUT2D eigenvalue weighted by molar-refractivity contribution is 5.92. The molecule has 1 aromatic rings. The first kappa shape index (κ1) is 36.5. The maximum atomic E-state index is 13.2. The summed E-state index contributed by atoms with van der Waals surface area (Å²) in [4.78, 5) is 38.9. The van der Waals surface area contributed by atoms with Gasteiger partial charge < -0.3 is 26.0 Å². The van der Waals surface area contributed by atoms with Crippen molar-refractivity contribution in [3.63, 3.8) is 0 Å². The molecule has 2 aliphatic rings. The second-order valence-corrected chi connectivity index (χ2v) is 11.7. The molecular weight excluding hydrogens is 552 g/mol. The molecular formula is C36H54N4O4. The predicted octanol–water partition coefficient (Wildman–Crippen LogP) is 5.56. The highest BCUT2D eigenvalue weighted by atomic mass is 16.5. The molecule has 1 aliphatic heterocycles. The van der Waals surface area contributed by atoms with Gasteiger partial charge in [0.2, 0.25) is 17.7 Å². The molecule has 1 saturated carbocycles. The zero-order valence-corrected chi connectivity index (χ0v) is 27.1. The Hall–Kier alpha value is -3.65. The number of carbonyl (C=O) groups excluding carboxylic acids is 3. The molecule has 3 rings (SSSR count). The van der Waals surface area contributed by atoms with Gasteiger partial charge in [-0.2, -0.15) is 0 Å². The lowest BCUT2D eigenvalue weighted by Gasteiger charge is -2.31.